The second-order valence-electron chi connectivity index (χ2n) is 13.0. The maximum Gasteiger partial charge on any atom is 0.400 e. The molecule has 0 saturated heterocycles. The first-order valence-corrected chi connectivity index (χ1v) is 17.0. The molecule has 49 heavy (non-hydrogen) atoms. The molecular formula is C39H48F6IrNO2-. The average Bonchev–Trinajstić information content (AvgIpc) is 3.01. The first-order chi connectivity index (χ1) is 22.5. The number of aliphatic hydroxyl groups excluding tert-OH is 1. The van der Waals surface area contributed by atoms with Crippen LogP contribution in [-0.2, 0) is 24.9 Å². The zero-order chi connectivity index (χ0) is 35.8. The summed E-state index contributed by atoms with van der Waals surface area (Å²) in [6.45, 7) is 12.0. The van der Waals surface area contributed by atoms with Gasteiger partial charge in [0.25, 0.3) is 0 Å². The minimum Gasteiger partial charge on any atom is -0.512 e. The first kappa shape index (κ1) is 42.5. The van der Waals surface area contributed by atoms with E-state index in [1.165, 1.54) is 6.08 Å². The molecule has 3 nitrogen and oxygen atoms in total. The Kier molecular flexibility index (Phi) is 16.0. The number of alkyl halides is 6. The number of rotatable bonds is 10. The van der Waals surface area contributed by atoms with E-state index in [1.807, 2.05) is 84.0 Å². The summed E-state index contributed by atoms with van der Waals surface area (Å²) in [7, 11) is 0. The Morgan fingerprint density at radius 2 is 1.45 bits per heavy atom. The van der Waals surface area contributed by atoms with E-state index in [4.69, 9.17) is 4.98 Å². The molecular weight excluding hydrogens is 821 g/mol. The molecule has 0 unspecified atom stereocenters. The molecule has 10 heteroatoms. The smallest absolute Gasteiger partial charge is 0.400 e. The summed E-state index contributed by atoms with van der Waals surface area (Å²) in [6.07, 6.45) is -5.27. The van der Waals surface area contributed by atoms with Crippen molar-refractivity contribution in [1.82, 2.24) is 4.98 Å². The predicted octanol–water partition coefficient (Wildman–Crippen LogP) is 12.2. The van der Waals surface area contributed by atoms with Gasteiger partial charge < -0.3 is 5.11 Å². The van der Waals surface area contributed by atoms with Gasteiger partial charge in [-0.2, -0.15) is 26.3 Å². The van der Waals surface area contributed by atoms with Crippen LogP contribution in [0.15, 0.2) is 54.3 Å². The number of nitrogens with zero attached hydrogens (tertiary/aromatic N) is 1. The second kappa shape index (κ2) is 18.5. The number of pyridine rings is 1. The Labute approximate surface area is 300 Å². The van der Waals surface area contributed by atoms with E-state index in [9.17, 15) is 36.2 Å². The number of halogens is 6. The number of aliphatic hydroxyl groups is 1. The molecule has 0 aliphatic heterocycles. The van der Waals surface area contributed by atoms with Crippen LogP contribution in [-0.4, -0.2) is 28.2 Å². The first-order valence-electron chi connectivity index (χ1n) is 17.0. The Morgan fingerprint density at radius 3 is 1.98 bits per heavy atom. The predicted molar refractivity (Wildman–Crippen MR) is 180 cm³/mol. The van der Waals surface area contributed by atoms with Crippen molar-refractivity contribution in [3.63, 3.8) is 0 Å². The third kappa shape index (κ3) is 11.4. The van der Waals surface area contributed by atoms with E-state index in [2.05, 4.69) is 6.07 Å². The molecule has 1 radical (unpaired) electrons. The Morgan fingerprint density at radius 1 is 0.878 bits per heavy atom. The third-order valence-electron chi connectivity index (χ3n) is 9.75. The number of hydrogen-bond acceptors (Lipinski definition) is 3. The number of hydrogen-bond donors (Lipinski definition) is 1. The van der Waals surface area contributed by atoms with Crippen molar-refractivity contribution < 1.29 is 56.3 Å². The van der Waals surface area contributed by atoms with Gasteiger partial charge in [0, 0.05) is 43.4 Å². The number of fused-ring (bicyclic) bond motifs is 1. The zero-order valence-corrected chi connectivity index (χ0v) is 31.5. The van der Waals surface area contributed by atoms with Gasteiger partial charge >= 0.3 is 12.4 Å². The fourth-order valence-corrected chi connectivity index (χ4v) is 6.86. The van der Waals surface area contributed by atoms with Crippen LogP contribution in [0, 0.1) is 43.6 Å². The molecule has 0 amide bonds. The summed E-state index contributed by atoms with van der Waals surface area (Å²) in [5.41, 5.74) is 5.27. The monoisotopic (exact) mass is 869 g/mol. The maximum absolute atomic E-state index is 13.1. The van der Waals surface area contributed by atoms with E-state index in [1.54, 1.807) is 0 Å². The van der Waals surface area contributed by atoms with Gasteiger partial charge in [-0.15, -0.1) is 34.9 Å². The molecule has 1 saturated carbocycles. The SMILES string of the molecule is CCC(CC)C(=O)/C=C(\O)C(CC)CC.Cc1[c-]c(-c2ccc3c(C)cccc3n2)cc(C2CCC(C(C(F)(F)F)C(F)(F)F)CC2)c1.[Ir]. The minimum atomic E-state index is -5.28. The van der Waals surface area contributed by atoms with Gasteiger partial charge in [0.1, 0.15) is 0 Å². The van der Waals surface area contributed by atoms with E-state index < -0.39 is 24.2 Å². The van der Waals surface area contributed by atoms with Crippen molar-refractivity contribution in [3.05, 3.63) is 77.1 Å². The number of aromatic nitrogens is 1. The molecule has 1 aliphatic carbocycles. The number of carbonyl (C=O) groups is 1. The summed E-state index contributed by atoms with van der Waals surface area (Å²) in [5.74, 6) is -4.22. The van der Waals surface area contributed by atoms with Gasteiger partial charge in [0.05, 0.1) is 11.3 Å². The molecule has 1 heterocycles. The molecule has 0 bridgehead atoms. The Hall–Kier alpha value is -2.71. The van der Waals surface area contributed by atoms with Crippen LogP contribution in [0.4, 0.5) is 26.3 Å². The van der Waals surface area contributed by atoms with E-state index in [0.29, 0.717) is 12.8 Å². The molecule has 1 aromatic heterocycles. The van der Waals surface area contributed by atoms with Gasteiger partial charge in [-0.05, 0) is 87.4 Å². The molecule has 1 fully saturated rings. The summed E-state index contributed by atoms with van der Waals surface area (Å²) >= 11 is 0. The van der Waals surface area contributed by atoms with E-state index in [0.717, 1.165) is 64.5 Å². The van der Waals surface area contributed by atoms with Gasteiger partial charge in [-0.25, -0.2) is 0 Å². The average molecular weight is 869 g/mol. The molecule has 4 rings (SSSR count). The van der Waals surface area contributed by atoms with Crippen molar-refractivity contribution in [2.45, 2.75) is 111 Å². The van der Waals surface area contributed by atoms with Crippen LogP contribution in [0.2, 0.25) is 0 Å². The van der Waals surface area contributed by atoms with Crippen LogP contribution in [0.5, 0.6) is 0 Å². The molecule has 1 N–H and O–H groups in total. The molecule has 0 atom stereocenters. The summed E-state index contributed by atoms with van der Waals surface area (Å²) < 4.78 is 78.7. The fraction of sp³-hybridized carbons (Fsp3) is 0.538. The number of ketones is 1. The summed E-state index contributed by atoms with van der Waals surface area (Å²) in [5, 5.41) is 10.8. The molecule has 1 aliphatic rings. The Bertz CT molecular complexity index is 1520. The standard InChI is InChI=1S/C26H24F6N.C13H24O2.Ir/c1-15-12-19(17-6-8-18(9-7-17)24(25(27,28)29)26(30,31)32)14-20(13-15)22-11-10-21-16(2)4-3-5-23(21)33-22;1-5-10(6-2)12(14)9-13(15)11(7-3)8-4;/h3-5,10-12,14,17-18,24H,6-9H2,1-2H3;9-11,14H,5-8H2,1-4H3;/q-1;;/b;12-9-;. The van der Waals surface area contributed by atoms with Crippen LogP contribution < -0.4 is 0 Å². The molecule has 273 valence electrons. The van der Waals surface area contributed by atoms with E-state index >= 15 is 0 Å². The van der Waals surface area contributed by atoms with Crippen LogP contribution in [0.1, 0.15) is 102 Å². The minimum absolute atomic E-state index is 0. The van der Waals surface area contributed by atoms with Crippen molar-refractivity contribution in [2.75, 3.05) is 0 Å². The van der Waals surface area contributed by atoms with Crippen molar-refractivity contribution in [1.29, 1.82) is 0 Å². The number of allylic oxidation sites excluding steroid dienone is 2. The zero-order valence-electron chi connectivity index (χ0n) is 29.1. The summed E-state index contributed by atoms with van der Waals surface area (Å²) in [6, 6.07) is 16.9. The Balaban J connectivity index is 0.000000444. The number of benzene rings is 2. The molecule has 2 aromatic carbocycles. The number of carbonyl (C=O) groups excluding carboxylic acids is 1. The van der Waals surface area contributed by atoms with E-state index in [-0.39, 0.29) is 62.2 Å². The third-order valence-corrected chi connectivity index (χ3v) is 9.75. The van der Waals surface area contributed by atoms with Crippen LogP contribution >= 0.6 is 0 Å². The number of aryl methyl sites for hydroxylation is 2. The van der Waals surface area contributed by atoms with Crippen LogP contribution in [0.25, 0.3) is 22.2 Å². The van der Waals surface area contributed by atoms with Gasteiger partial charge in [-0.3, -0.25) is 9.78 Å². The quantitative estimate of drug-likeness (QED) is 0.0956. The topological polar surface area (TPSA) is 50.2 Å². The van der Waals surface area contributed by atoms with Crippen molar-refractivity contribution in [3.8, 4) is 11.3 Å². The molecule has 3 aromatic rings. The normalized spacial score (nSPS) is 17.2. The van der Waals surface area contributed by atoms with Gasteiger partial charge in [0.2, 0.25) is 0 Å². The largest absolute Gasteiger partial charge is 0.512 e. The molecule has 0 spiro atoms. The maximum atomic E-state index is 13.1. The van der Waals surface area contributed by atoms with Crippen molar-refractivity contribution in [2.24, 2.45) is 23.7 Å². The van der Waals surface area contributed by atoms with Gasteiger partial charge in [0.15, 0.2) is 11.7 Å². The van der Waals surface area contributed by atoms with Crippen LogP contribution in [0.3, 0.4) is 0 Å². The van der Waals surface area contributed by atoms with Gasteiger partial charge in [-0.1, -0.05) is 58.9 Å². The van der Waals surface area contributed by atoms with Crippen molar-refractivity contribution >= 4 is 16.7 Å². The summed E-state index contributed by atoms with van der Waals surface area (Å²) in [4.78, 5) is 16.5. The fourth-order valence-electron chi connectivity index (χ4n) is 6.86. The second-order valence-corrected chi connectivity index (χ2v) is 13.0.